The van der Waals surface area contributed by atoms with Crippen LogP contribution in [0, 0.1) is 0 Å². The number of carbonyl (C=O) groups is 1. The van der Waals surface area contributed by atoms with Gasteiger partial charge in [-0.2, -0.15) is 0 Å². The maximum Gasteiger partial charge on any atom is 0.352 e. The van der Waals surface area contributed by atoms with E-state index in [-0.39, 0.29) is 5.69 Å². The number of carboxylic acid groups (broad SMARTS) is 1. The van der Waals surface area contributed by atoms with Crippen molar-refractivity contribution in [3.05, 3.63) is 22.5 Å². The van der Waals surface area contributed by atoms with E-state index < -0.39 is 5.97 Å². The molecule has 0 unspecified atom stereocenters. The van der Waals surface area contributed by atoms with Crippen LogP contribution in [0.15, 0.2) is 6.07 Å². The smallest absolute Gasteiger partial charge is 0.352 e. The van der Waals surface area contributed by atoms with E-state index in [1.54, 1.807) is 6.07 Å². The summed E-state index contributed by atoms with van der Waals surface area (Å²) in [5, 5.41) is 9.22. The largest absolute Gasteiger partial charge is 0.477 e. The number of H-pyrrole nitrogens is 1. The van der Waals surface area contributed by atoms with E-state index in [4.69, 9.17) is 16.7 Å². The lowest BCUT2D eigenvalue weighted by atomic mass is 10.3. The normalized spacial score (nSPS) is 17.1. The lowest BCUT2D eigenvalue weighted by Gasteiger charge is -2.13. The second kappa shape index (κ2) is 4.24. The molecule has 1 aliphatic heterocycles. The number of hydrogen-bond donors (Lipinski definition) is 2. The minimum absolute atomic E-state index is 0.161. The predicted octanol–water partition coefficient (Wildman–Crippen LogP) is 1.96. The molecule has 0 spiro atoms. The summed E-state index contributed by atoms with van der Waals surface area (Å²) < 4.78 is 0. The zero-order chi connectivity index (χ0) is 10.8. The first-order valence-corrected chi connectivity index (χ1v) is 5.37. The Morgan fingerprint density at radius 1 is 1.53 bits per heavy atom. The molecule has 0 bridgehead atoms. The van der Waals surface area contributed by atoms with Crippen LogP contribution in [0.5, 0.6) is 0 Å². The highest BCUT2D eigenvalue weighted by Gasteiger charge is 2.16. The maximum absolute atomic E-state index is 10.7. The Morgan fingerprint density at radius 3 is 2.73 bits per heavy atom. The SMILES string of the molecule is O=C(O)c1cc(CN2CCCC2)c(Cl)[nH]1. The Hall–Kier alpha value is -1.00. The van der Waals surface area contributed by atoms with Crippen molar-refractivity contribution in [1.29, 1.82) is 0 Å². The van der Waals surface area contributed by atoms with Crippen molar-refractivity contribution in [3.63, 3.8) is 0 Å². The standard InChI is InChI=1S/C10H13ClN2O2/c11-9-7(5-8(12-9)10(14)15)6-13-3-1-2-4-13/h5,12H,1-4,6H2,(H,14,15). The van der Waals surface area contributed by atoms with Crippen LogP contribution in [0.1, 0.15) is 28.9 Å². The molecule has 1 aliphatic rings. The summed E-state index contributed by atoms with van der Waals surface area (Å²) in [4.78, 5) is 15.6. The van der Waals surface area contributed by atoms with Crippen LogP contribution in [-0.2, 0) is 6.54 Å². The van der Waals surface area contributed by atoms with Crippen molar-refractivity contribution in [2.45, 2.75) is 19.4 Å². The van der Waals surface area contributed by atoms with E-state index in [9.17, 15) is 4.79 Å². The summed E-state index contributed by atoms with van der Waals surface area (Å²) >= 11 is 5.92. The average Bonchev–Trinajstić information content (AvgIpc) is 2.77. The summed E-state index contributed by atoms with van der Waals surface area (Å²) in [6, 6.07) is 1.61. The third-order valence-electron chi connectivity index (χ3n) is 2.67. The van der Waals surface area contributed by atoms with Crippen LogP contribution in [0.25, 0.3) is 0 Å². The number of aromatic amines is 1. The van der Waals surface area contributed by atoms with Crippen LogP contribution in [0.2, 0.25) is 5.15 Å². The second-order valence-corrected chi connectivity index (χ2v) is 4.19. The highest BCUT2D eigenvalue weighted by molar-refractivity contribution is 6.30. The topological polar surface area (TPSA) is 56.3 Å². The van der Waals surface area contributed by atoms with Gasteiger partial charge in [0.25, 0.3) is 0 Å². The lowest BCUT2D eigenvalue weighted by Crippen LogP contribution is -2.18. The number of nitrogens with one attached hydrogen (secondary N) is 1. The quantitative estimate of drug-likeness (QED) is 0.832. The van der Waals surface area contributed by atoms with Gasteiger partial charge in [-0.1, -0.05) is 11.6 Å². The predicted molar refractivity (Wildman–Crippen MR) is 57.3 cm³/mol. The van der Waals surface area contributed by atoms with Gasteiger partial charge in [0, 0.05) is 12.1 Å². The molecule has 4 nitrogen and oxygen atoms in total. The summed E-state index contributed by atoms with van der Waals surface area (Å²) in [6.45, 7) is 2.89. The van der Waals surface area contributed by atoms with Gasteiger partial charge in [0.05, 0.1) is 0 Å². The Morgan fingerprint density at radius 2 is 2.20 bits per heavy atom. The molecule has 2 N–H and O–H groups in total. The number of nitrogens with zero attached hydrogens (tertiary/aromatic N) is 1. The van der Waals surface area contributed by atoms with Crippen LogP contribution in [0.4, 0.5) is 0 Å². The first-order chi connectivity index (χ1) is 7.16. The summed E-state index contributed by atoms with van der Waals surface area (Å²) in [7, 11) is 0. The van der Waals surface area contributed by atoms with Crippen molar-refractivity contribution in [2.75, 3.05) is 13.1 Å². The third-order valence-corrected chi connectivity index (χ3v) is 3.01. The number of aromatic nitrogens is 1. The molecule has 0 radical (unpaired) electrons. The first-order valence-electron chi connectivity index (χ1n) is 5.00. The van der Waals surface area contributed by atoms with E-state index in [0.717, 1.165) is 25.2 Å². The second-order valence-electron chi connectivity index (χ2n) is 3.81. The molecule has 2 rings (SSSR count). The minimum Gasteiger partial charge on any atom is -0.477 e. The Labute approximate surface area is 92.8 Å². The highest BCUT2D eigenvalue weighted by atomic mass is 35.5. The van der Waals surface area contributed by atoms with Crippen molar-refractivity contribution in [3.8, 4) is 0 Å². The molecule has 0 amide bonds. The number of carboxylic acids is 1. The Balaban J connectivity index is 2.10. The molecule has 2 heterocycles. The van der Waals surface area contributed by atoms with Gasteiger partial charge in [-0.3, -0.25) is 4.90 Å². The molecule has 5 heteroatoms. The van der Waals surface area contributed by atoms with Gasteiger partial charge < -0.3 is 10.1 Å². The number of halogens is 1. The molecule has 0 aliphatic carbocycles. The zero-order valence-corrected chi connectivity index (χ0v) is 9.05. The summed E-state index contributed by atoms with van der Waals surface area (Å²) in [5.41, 5.74) is 1.03. The molecule has 1 fully saturated rings. The van der Waals surface area contributed by atoms with Crippen LogP contribution in [-0.4, -0.2) is 34.0 Å². The van der Waals surface area contributed by atoms with Gasteiger partial charge in [0.1, 0.15) is 10.8 Å². The van der Waals surface area contributed by atoms with Gasteiger partial charge in [0.15, 0.2) is 0 Å². The molecule has 1 saturated heterocycles. The molecular weight excluding hydrogens is 216 g/mol. The molecule has 1 aromatic heterocycles. The van der Waals surface area contributed by atoms with Gasteiger partial charge in [-0.15, -0.1) is 0 Å². The third kappa shape index (κ3) is 2.33. The van der Waals surface area contributed by atoms with E-state index in [1.165, 1.54) is 12.8 Å². The molecule has 1 aromatic rings. The minimum atomic E-state index is -0.968. The average molecular weight is 229 g/mol. The van der Waals surface area contributed by atoms with Crippen molar-refractivity contribution in [2.24, 2.45) is 0 Å². The van der Waals surface area contributed by atoms with E-state index in [2.05, 4.69) is 9.88 Å². The number of rotatable bonds is 3. The monoisotopic (exact) mass is 228 g/mol. The van der Waals surface area contributed by atoms with Crippen molar-refractivity contribution >= 4 is 17.6 Å². The number of hydrogen-bond acceptors (Lipinski definition) is 2. The number of aromatic carboxylic acids is 1. The molecule has 0 atom stereocenters. The van der Waals surface area contributed by atoms with Crippen LogP contribution >= 0.6 is 11.6 Å². The van der Waals surface area contributed by atoms with Crippen molar-refractivity contribution < 1.29 is 9.90 Å². The van der Waals surface area contributed by atoms with Gasteiger partial charge in [-0.05, 0) is 32.0 Å². The van der Waals surface area contributed by atoms with Gasteiger partial charge >= 0.3 is 5.97 Å². The zero-order valence-electron chi connectivity index (χ0n) is 8.29. The summed E-state index contributed by atoms with van der Waals surface area (Å²) in [6.07, 6.45) is 2.43. The Kier molecular flexibility index (Phi) is 2.98. The van der Waals surface area contributed by atoms with E-state index in [0.29, 0.717) is 5.15 Å². The van der Waals surface area contributed by atoms with Gasteiger partial charge in [-0.25, -0.2) is 4.79 Å². The molecular formula is C10H13ClN2O2. The molecule has 82 valence electrons. The van der Waals surface area contributed by atoms with Crippen LogP contribution < -0.4 is 0 Å². The fraction of sp³-hybridized carbons (Fsp3) is 0.500. The first kappa shape index (κ1) is 10.5. The Bertz CT molecular complexity index is 369. The molecule has 0 aromatic carbocycles. The van der Waals surface area contributed by atoms with Crippen LogP contribution in [0.3, 0.4) is 0 Å². The van der Waals surface area contributed by atoms with Crippen molar-refractivity contribution in [1.82, 2.24) is 9.88 Å². The highest BCUT2D eigenvalue weighted by Crippen LogP contribution is 2.20. The fourth-order valence-electron chi connectivity index (χ4n) is 1.88. The molecule has 0 saturated carbocycles. The van der Waals surface area contributed by atoms with E-state index in [1.807, 2.05) is 0 Å². The number of likely N-dealkylation sites (tertiary alicyclic amines) is 1. The fourth-order valence-corrected chi connectivity index (χ4v) is 2.10. The van der Waals surface area contributed by atoms with E-state index >= 15 is 0 Å². The molecule has 15 heavy (non-hydrogen) atoms. The lowest BCUT2D eigenvalue weighted by molar-refractivity contribution is 0.0691. The van der Waals surface area contributed by atoms with Gasteiger partial charge in [0.2, 0.25) is 0 Å². The maximum atomic E-state index is 10.7. The summed E-state index contributed by atoms with van der Waals surface area (Å²) in [5.74, 6) is -0.968.